The molecular formula is C30H41N3O3S. The third-order valence-electron chi connectivity index (χ3n) is 7.39. The Labute approximate surface area is 222 Å². The summed E-state index contributed by atoms with van der Waals surface area (Å²) in [7, 11) is -3.73. The van der Waals surface area contributed by atoms with Crippen molar-refractivity contribution in [2.75, 3.05) is 6.54 Å². The van der Waals surface area contributed by atoms with Crippen molar-refractivity contribution in [3.63, 3.8) is 0 Å². The molecule has 0 radical (unpaired) electrons. The minimum absolute atomic E-state index is 0.0482. The second kappa shape index (κ2) is 11.1. The second-order valence-electron chi connectivity index (χ2n) is 11.5. The molecule has 1 amide bonds. The second-order valence-corrected chi connectivity index (χ2v) is 13.4. The number of nitrogens with zero attached hydrogens (tertiary/aromatic N) is 1. The van der Waals surface area contributed by atoms with E-state index in [9.17, 15) is 13.2 Å². The molecule has 2 aromatic carbocycles. The molecule has 0 bridgehead atoms. The molecule has 1 aliphatic heterocycles. The van der Waals surface area contributed by atoms with Crippen molar-refractivity contribution < 1.29 is 13.2 Å². The summed E-state index contributed by atoms with van der Waals surface area (Å²) in [4.78, 5) is 13.7. The van der Waals surface area contributed by atoms with Gasteiger partial charge in [-0.25, -0.2) is 8.42 Å². The topological polar surface area (TPSA) is 78.5 Å². The van der Waals surface area contributed by atoms with Crippen LogP contribution in [-0.2, 0) is 27.8 Å². The van der Waals surface area contributed by atoms with Crippen LogP contribution in [0.2, 0.25) is 0 Å². The number of hydrogen-bond acceptors (Lipinski definition) is 4. The van der Waals surface area contributed by atoms with Crippen LogP contribution in [0.15, 0.2) is 59.5 Å². The first-order valence-electron chi connectivity index (χ1n) is 13.4. The highest BCUT2D eigenvalue weighted by molar-refractivity contribution is 7.89. The van der Waals surface area contributed by atoms with E-state index in [-0.39, 0.29) is 22.4 Å². The van der Waals surface area contributed by atoms with E-state index in [0.717, 1.165) is 49.8 Å². The van der Waals surface area contributed by atoms with Crippen molar-refractivity contribution in [2.45, 2.75) is 95.3 Å². The number of piperidine rings is 1. The van der Waals surface area contributed by atoms with Crippen LogP contribution < -0.4 is 10.6 Å². The first-order valence-corrected chi connectivity index (χ1v) is 14.8. The van der Waals surface area contributed by atoms with Crippen LogP contribution in [-0.4, -0.2) is 36.8 Å². The maximum Gasteiger partial charge on any atom is 0.248 e. The Morgan fingerprint density at radius 2 is 1.86 bits per heavy atom. The number of carbonyl (C=O) groups excluding carboxylic acids is 1. The fourth-order valence-electron chi connectivity index (χ4n) is 5.35. The summed E-state index contributed by atoms with van der Waals surface area (Å²) in [6.07, 6.45) is 5.10. The molecule has 37 heavy (non-hydrogen) atoms. The van der Waals surface area contributed by atoms with Gasteiger partial charge < -0.3 is 10.6 Å². The highest BCUT2D eigenvalue weighted by Gasteiger charge is 2.37. The van der Waals surface area contributed by atoms with Gasteiger partial charge in [-0.3, -0.25) is 4.79 Å². The molecule has 6 nitrogen and oxygen atoms in total. The molecule has 200 valence electrons. The van der Waals surface area contributed by atoms with Gasteiger partial charge in [-0.05, 0) is 94.2 Å². The minimum Gasteiger partial charge on any atom is -0.345 e. The number of hydrogen-bond donors (Lipinski definition) is 2. The average Bonchev–Trinajstić information content (AvgIpc) is 2.86. The van der Waals surface area contributed by atoms with Crippen LogP contribution in [0.25, 0.3) is 0 Å². The zero-order chi connectivity index (χ0) is 26.8. The fourth-order valence-corrected chi connectivity index (χ4v) is 7.14. The molecule has 2 aliphatic rings. The zero-order valence-electron chi connectivity index (χ0n) is 22.6. The first-order chi connectivity index (χ1) is 17.5. The molecule has 1 saturated heterocycles. The standard InChI is InChI=1S/C30H41N3O3S/c1-21-10-8-12-25(18-21)37(35,36)33-17-7-6-14-28(33)22(2)29(34)32-27-13-9-11-24-19-23(15-16-26(24)27)20-31-30(3,4)5/h8,10,12,15-16,18-19,27-28,31H,2,6-7,9,11,13-14,17,20H2,1,3-5H3,(H,32,34)/t27-,28+/m1/s1. The lowest BCUT2D eigenvalue weighted by Gasteiger charge is -2.36. The van der Waals surface area contributed by atoms with E-state index in [4.69, 9.17) is 0 Å². The molecule has 0 saturated carbocycles. The van der Waals surface area contributed by atoms with Gasteiger partial charge in [-0.2, -0.15) is 4.31 Å². The van der Waals surface area contributed by atoms with Crippen LogP contribution in [0.3, 0.4) is 0 Å². The van der Waals surface area contributed by atoms with E-state index in [1.165, 1.54) is 15.4 Å². The van der Waals surface area contributed by atoms with Gasteiger partial charge in [-0.15, -0.1) is 0 Å². The Kier molecular flexibility index (Phi) is 8.26. The Hall–Kier alpha value is -2.48. The number of amides is 1. The number of sulfonamides is 1. The van der Waals surface area contributed by atoms with Gasteiger partial charge in [0, 0.05) is 24.2 Å². The normalized spacial score (nSPS) is 20.8. The molecular weight excluding hydrogens is 482 g/mol. The number of aryl methyl sites for hydroxylation is 2. The highest BCUT2D eigenvalue weighted by atomic mass is 32.2. The van der Waals surface area contributed by atoms with Crippen LogP contribution in [0.5, 0.6) is 0 Å². The predicted octanol–water partition coefficient (Wildman–Crippen LogP) is 5.18. The SMILES string of the molecule is C=C(C(=O)N[C@@H]1CCCc2cc(CNC(C)(C)C)ccc21)[C@@H]1CCCCN1S(=O)(=O)c1cccc(C)c1. The number of benzene rings is 2. The zero-order valence-corrected chi connectivity index (χ0v) is 23.5. The molecule has 2 atom stereocenters. The molecule has 1 heterocycles. The van der Waals surface area contributed by atoms with Crippen molar-refractivity contribution in [2.24, 2.45) is 0 Å². The van der Waals surface area contributed by atoms with Crippen molar-refractivity contribution in [3.05, 3.63) is 76.9 Å². The summed E-state index contributed by atoms with van der Waals surface area (Å²) >= 11 is 0. The number of fused-ring (bicyclic) bond motifs is 1. The molecule has 1 aliphatic carbocycles. The van der Waals surface area contributed by atoms with Crippen molar-refractivity contribution in [3.8, 4) is 0 Å². The third-order valence-corrected chi connectivity index (χ3v) is 9.30. The van der Waals surface area contributed by atoms with Gasteiger partial charge in [0.15, 0.2) is 0 Å². The summed E-state index contributed by atoms with van der Waals surface area (Å²) in [5.41, 5.74) is 4.93. The van der Waals surface area contributed by atoms with Gasteiger partial charge in [0.1, 0.15) is 0 Å². The van der Waals surface area contributed by atoms with Gasteiger partial charge in [-0.1, -0.05) is 43.3 Å². The molecule has 4 rings (SSSR count). The monoisotopic (exact) mass is 523 g/mol. The van der Waals surface area contributed by atoms with Gasteiger partial charge in [0.2, 0.25) is 15.9 Å². The number of nitrogens with one attached hydrogen (secondary N) is 2. The van der Waals surface area contributed by atoms with E-state index < -0.39 is 16.1 Å². The van der Waals surface area contributed by atoms with E-state index in [1.807, 2.05) is 13.0 Å². The smallest absolute Gasteiger partial charge is 0.248 e. The minimum atomic E-state index is -3.73. The Bertz CT molecular complexity index is 1260. The van der Waals surface area contributed by atoms with Gasteiger partial charge in [0.25, 0.3) is 0 Å². The lowest BCUT2D eigenvalue weighted by molar-refractivity contribution is -0.118. The molecule has 1 fully saturated rings. The van der Waals surface area contributed by atoms with E-state index >= 15 is 0 Å². The third kappa shape index (κ3) is 6.51. The Morgan fingerprint density at radius 3 is 2.59 bits per heavy atom. The molecule has 0 spiro atoms. The molecule has 2 N–H and O–H groups in total. The van der Waals surface area contributed by atoms with E-state index in [2.05, 4.69) is 56.2 Å². The lowest BCUT2D eigenvalue weighted by Crippen LogP contribution is -2.47. The molecule has 2 aromatic rings. The highest BCUT2D eigenvalue weighted by Crippen LogP contribution is 2.33. The number of carbonyl (C=O) groups is 1. The summed E-state index contributed by atoms with van der Waals surface area (Å²) in [6.45, 7) is 13.7. The van der Waals surface area contributed by atoms with Crippen LogP contribution in [0.1, 0.15) is 81.2 Å². The molecule has 7 heteroatoms. The predicted molar refractivity (Wildman–Crippen MR) is 149 cm³/mol. The summed E-state index contributed by atoms with van der Waals surface area (Å²) < 4.78 is 28.5. The maximum absolute atomic E-state index is 13.5. The van der Waals surface area contributed by atoms with Crippen LogP contribution >= 0.6 is 0 Å². The summed E-state index contributed by atoms with van der Waals surface area (Å²) in [6, 6.07) is 12.8. The lowest BCUT2D eigenvalue weighted by atomic mass is 9.86. The van der Waals surface area contributed by atoms with Crippen LogP contribution in [0.4, 0.5) is 0 Å². The fraction of sp³-hybridized carbons (Fsp3) is 0.500. The van der Waals surface area contributed by atoms with E-state index in [1.54, 1.807) is 18.2 Å². The molecule has 0 unspecified atom stereocenters. The van der Waals surface area contributed by atoms with Gasteiger partial charge in [0.05, 0.1) is 17.0 Å². The largest absolute Gasteiger partial charge is 0.345 e. The average molecular weight is 524 g/mol. The van der Waals surface area contributed by atoms with Crippen molar-refractivity contribution in [1.82, 2.24) is 14.9 Å². The maximum atomic E-state index is 13.5. The van der Waals surface area contributed by atoms with Gasteiger partial charge >= 0.3 is 0 Å². The Morgan fingerprint density at radius 1 is 1.08 bits per heavy atom. The van der Waals surface area contributed by atoms with Crippen LogP contribution in [0, 0.1) is 6.92 Å². The molecule has 0 aromatic heterocycles. The summed E-state index contributed by atoms with van der Waals surface area (Å²) in [5, 5.41) is 6.73. The first kappa shape index (κ1) is 27.6. The summed E-state index contributed by atoms with van der Waals surface area (Å²) in [5.74, 6) is -0.257. The van der Waals surface area contributed by atoms with Crippen molar-refractivity contribution in [1.29, 1.82) is 0 Å². The quantitative estimate of drug-likeness (QED) is 0.491. The number of rotatable bonds is 7. The van der Waals surface area contributed by atoms with Crippen molar-refractivity contribution >= 4 is 15.9 Å². The van der Waals surface area contributed by atoms with E-state index in [0.29, 0.717) is 18.5 Å². The Balaban J connectivity index is 1.49.